The van der Waals surface area contributed by atoms with E-state index in [0.29, 0.717) is 11.5 Å². The molecule has 34 heavy (non-hydrogen) atoms. The Morgan fingerprint density at radius 1 is 1.21 bits per heavy atom. The van der Waals surface area contributed by atoms with E-state index in [-0.39, 0.29) is 31.0 Å². The van der Waals surface area contributed by atoms with Gasteiger partial charge in [0.05, 0.1) is 18.1 Å². The van der Waals surface area contributed by atoms with Crippen molar-refractivity contribution in [3.63, 3.8) is 0 Å². The number of amides is 1. The number of terminal acetylenes is 1. The quantitative estimate of drug-likeness (QED) is 0.206. The Morgan fingerprint density at radius 3 is 2.47 bits per heavy atom. The van der Waals surface area contributed by atoms with E-state index in [1.54, 1.807) is 23.5 Å². The highest BCUT2D eigenvalue weighted by molar-refractivity contribution is 7.99. The second-order valence-corrected chi connectivity index (χ2v) is 9.75. The van der Waals surface area contributed by atoms with Gasteiger partial charge in [0.1, 0.15) is 25.4 Å². The zero-order valence-corrected chi connectivity index (χ0v) is 20.6. The Hall–Kier alpha value is -2.24. The number of esters is 1. The molecule has 0 spiro atoms. The summed E-state index contributed by atoms with van der Waals surface area (Å²) in [6.07, 6.45) is 0.115. The number of hydrogen-bond donors (Lipinski definition) is 3. The van der Waals surface area contributed by atoms with Crippen LogP contribution in [0, 0.1) is 12.3 Å². The maximum Gasteiger partial charge on any atom is 0.412 e. The molecule has 0 saturated carbocycles. The summed E-state index contributed by atoms with van der Waals surface area (Å²) in [6.45, 7) is 4.36. The molecule has 0 aliphatic carbocycles. The normalized spacial score (nSPS) is 21.6. The van der Waals surface area contributed by atoms with Gasteiger partial charge in [0.25, 0.3) is 0 Å². The van der Waals surface area contributed by atoms with E-state index in [1.165, 1.54) is 6.20 Å². The number of carbonyl (C=O) groups is 2. The number of thioether (sulfide) groups is 2. The number of rotatable bonds is 12. The molecule has 2 rings (SSSR count). The van der Waals surface area contributed by atoms with Crippen molar-refractivity contribution >= 4 is 41.4 Å². The van der Waals surface area contributed by atoms with Crippen molar-refractivity contribution in [1.29, 1.82) is 0 Å². The molecule has 1 amide bonds. The molecule has 0 radical (unpaired) electrons. The molecule has 1 aliphatic heterocycles. The van der Waals surface area contributed by atoms with Crippen molar-refractivity contribution in [3.05, 3.63) is 22.2 Å². The Morgan fingerprint density at radius 2 is 1.85 bits per heavy atom. The largest absolute Gasteiger partial charge is 0.465 e. The summed E-state index contributed by atoms with van der Waals surface area (Å²) in [6, 6.07) is 0. The fourth-order valence-electron chi connectivity index (χ4n) is 3.03. The summed E-state index contributed by atoms with van der Waals surface area (Å²) < 4.78 is 16.6. The average molecular weight is 516 g/mol. The minimum Gasteiger partial charge on any atom is -0.465 e. The standard InChI is InChI=1S/C21H29N3O8S2/c1-4-13-12-24(20(28)22-18(13)23-21(29)31-8-10-34-6-3)19-17(27)16(26)14(32-19)11-15(25)30-7-9-33-5-2/h1,12,14,16-17,19,26-27H,5-11H2,2-3H3,(H,22,23,28,29)/t14-,16-,17-,19-/m1/s1. The molecule has 2 heterocycles. The monoisotopic (exact) mass is 515 g/mol. The number of anilines is 1. The van der Waals surface area contributed by atoms with Crippen LogP contribution in [0.5, 0.6) is 0 Å². The maximum absolute atomic E-state index is 12.6. The van der Waals surface area contributed by atoms with Gasteiger partial charge in [0.2, 0.25) is 0 Å². The molecule has 0 bridgehead atoms. The highest BCUT2D eigenvalue weighted by Crippen LogP contribution is 2.30. The van der Waals surface area contributed by atoms with E-state index in [0.717, 1.165) is 16.1 Å². The highest BCUT2D eigenvalue weighted by Gasteiger charge is 2.45. The molecule has 0 unspecified atom stereocenters. The smallest absolute Gasteiger partial charge is 0.412 e. The second-order valence-electron chi connectivity index (χ2n) is 6.96. The summed E-state index contributed by atoms with van der Waals surface area (Å²) in [5, 5.41) is 23.1. The lowest BCUT2D eigenvalue weighted by Gasteiger charge is -2.18. The van der Waals surface area contributed by atoms with Gasteiger partial charge in [-0.2, -0.15) is 28.5 Å². The molecule has 1 aromatic heterocycles. The molecule has 13 heteroatoms. The fourth-order valence-corrected chi connectivity index (χ4v) is 4.01. The van der Waals surface area contributed by atoms with Gasteiger partial charge in [-0.05, 0) is 11.5 Å². The van der Waals surface area contributed by atoms with Gasteiger partial charge in [0.15, 0.2) is 12.0 Å². The summed E-state index contributed by atoms with van der Waals surface area (Å²) >= 11 is 3.21. The summed E-state index contributed by atoms with van der Waals surface area (Å²) in [5.74, 6) is 4.55. The number of ether oxygens (including phenoxy) is 3. The molecular formula is C21H29N3O8S2. The molecule has 1 saturated heterocycles. The topological polar surface area (TPSA) is 149 Å². The lowest BCUT2D eigenvalue weighted by atomic mass is 10.1. The minimum atomic E-state index is -1.53. The van der Waals surface area contributed by atoms with Crippen molar-refractivity contribution in [3.8, 4) is 12.3 Å². The van der Waals surface area contributed by atoms with E-state index in [4.69, 9.17) is 20.6 Å². The predicted molar refractivity (Wildman–Crippen MR) is 129 cm³/mol. The molecule has 4 atom stereocenters. The van der Waals surface area contributed by atoms with Crippen LogP contribution in [0.15, 0.2) is 11.0 Å². The van der Waals surface area contributed by atoms with Crippen molar-refractivity contribution in [2.24, 2.45) is 0 Å². The summed E-state index contributed by atoms with van der Waals surface area (Å²) in [4.78, 5) is 40.3. The van der Waals surface area contributed by atoms with Crippen LogP contribution >= 0.6 is 23.5 Å². The zero-order valence-electron chi connectivity index (χ0n) is 19.0. The number of aliphatic hydroxyl groups is 2. The van der Waals surface area contributed by atoms with Crippen molar-refractivity contribution in [1.82, 2.24) is 9.55 Å². The van der Waals surface area contributed by atoms with Gasteiger partial charge in [-0.25, -0.2) is 9.59 Å². The molecule has 1 aliphatic rings. The first-order valence-corrected chi connectivity index (χ1v) is 13.0. The molecule has 3 N–H and O–H groups in total. The SMILES string of the molecule is C#Cc1cn([C@@H]2O[C@H](CC(=O)OCCSCC)[C@@H](O)[C@H]2O)c(=O)nc1NC(=O)OCCSCC. The first-order chi connectivity index (χ1) is 16.3. The van der Waals surface area contributed by atoms with E-state index in [9.17, 15) is 24.6 Å². The van der Waals surface area contributed by atoms with Crippen LogP contribution in [0.3, 0.4) is 0 Å². The van der Waals surface area contributed by atoms with Gasteiger partial charge >= 0.3 is 17.8 Å². The van der Waals surface area contributed by atoms with Crippen LogP contribution in [-0.4, -0.2) is 86.4 Å². The van der Waals surface area contributed by atoms with E-state index in [1.807, 2.05) is 13.8 Å². The Bertz CT molecular complexity index is 936. The van der Waals surface area contributed by atoms with Gasteiger partial charge in [-0.15, -0.1) is 6.42 Å². The van der Waals surface area contributed by atoms with Gasteiger partial charge in [0, 0.05) is 17.7 Å². The average Bonchev–Trinajstić information content (AvgIpc) is 3.08. The summed E-state index contributed by atoms with van der Waals surface area (Å²) in [7, 11) is 0. The van der Waals surface area contributed by atoms with Crippen LogP contribution in [0.25, 0.3) is 0 Å². The number of nitrogens with one attached hydrogen (secondary N) is 1. The minimum absolute atomic E-state index is 0.0288. The lowest BCUT2D eigenvalue weighted by molar-refractivity contribution is -0.147. The Kier molecular flexibility index (Phi) is 11.7. The number of aromatic nitrogens is 2. The fraction of sp³-hybridized carbons (Fsp3) is 0.619. The van der Waals surface area contributed by atoms with Crippen LogP contribution in [-0.2, 0) is 19.0 Å². The van der Waals surface area contributed by atoms with E-state index < -0.39 is 42.3 Å². The molecule has 1 fully saturated rings. The van der Waals surface area contributed by atoms with Gasteiger partial charge < -0.3 is 24.4 Å². The molecular weight excluding hydrogens is 486 g/mol. The highest BCUT2D eigenvalue weighted by atomic mass is 32.2. The first kappa shape index (κ1) is 28.0. The second kappa shape index (κ2) is 14.2. The molecule has 0 aromatic carbocycles. The van der Waals surface area contributed by atoms with E-state index >= 15 is 0 Å². The van der Waals surface area contributed by atoms with Gasteiger partial charge in [-0.1, -0.05) is 19.8 Å². The number of nitrogens with zero attached hydrogens (tertiary/aromatic N) is 2. The lowest BCUT2D eigenvalue weighted by Crippen LogP contribution is -2.36. The van der Waals surface area contributed by atoms with E-state index in [2.05, 4.69) is 16.2 Å². The number of aliphatic hydroxyl groups excluding tert-OH is 2. The van der Waals surface area contributed by atoms with Crippen molar-refractivity contribution in [2.75, 3.05) is 41.5 Å². The third-order valence-electron chi connectivity index (χ3n) is 4.67. The summed E-state index contributed by atoms with van der Waals surface area (Å²) in [5.41, 5.74) is -0.868. The van der Waals surface area contributed by atoms with Crippen molar-refractivity contribution < 1.29 is 34.0 Å². The van der Waals surface area contributed by atoms with Crippen molar-refractivity contribution in [2.45, 2.75) is 44.8 Å². The zero-order chi connectivity index (χ0) is 25.1. The number of hydrogen-bond acceptors (Lipinski definition) is 11. The van der Waals surface area contributed by atoms with Crippen LogP contribution in [0.4, 0.5) is 10.6 Å². The Labute approximate surface area is 205 Å². The molecule has 11 nitrogen and oxygen atoms in total. The number of carbonyl (C=O) groups excluding carboxylic acids is 2. The predicted octanol–water partition coefficient (Wildman–Crippen LogP) is 0.832. The van der Waals surface area contributed by atoms with Crippen LogP contribution in [0.1, 0.15) is 32.1 Å². The molecule has 188 valence electrons. The maximum atomic E-state index is 12.6. The van der Waals surface area contributed by atoms with Crippen LogP contribution in [0.2, 0.25) is 0 Å². The first-order valence-electron chi connectivity index (χ1n) is 10.7. The third kappa shape index (κ3) is 7.92. The Balaban J connectivity index is 2.07. The third-order valence-corrected chi connectivity index (χ3v) is 6.39. The molecule has 1 aromatic rings. The van der Waals surface area contributed by atoms with Crippen LogP contribution < -0.4 is 11.0 Å². The van der Waals surface area contributed by atoms with Gasteiger partial charge in [-0.3, -0.25) is 14.7 Å².